The zero-order chi connectivity index (χ0) is 8.97. The normalized spacial score (nSPS) is 10.2. The molecule has 0 bridgehead atoms. The molecule has 4 heteroatoms. The molecule has 0 saturated heterocycles. The van der Waals surface area contributed by atoms with Crippen molar-refractivity contribution in [2.75, 3.05) is 13.2 Å². The van der Waals surface area contributed by atoms with Gasteiger partial charge >= 0.3 is 0 Å². The van der Waals surface area contributed by atoms with Crippen LogP contribution in [0.2, 0.25) is 5.02 Å². The van der Waals surface area contributed by atoms with E-state index in [0.29, 0.717) is 16.5 Å². The SMILES string of the molecule is CCOCC(=O)c1sccc1Cl. The molecular formula is C8H9ClO2S. The van der Waals surface area contributed by atoms with Crippen LogP contribution in [-0.2, 0) is 4.74 Å². The minimum Gasteiger partial charge on any atom is -0.374 e. The maximum absolute atomic E-state index is 11.3. The standard InChI is InChI=1S/C8H9ClO2S/c1-2-11-5-7(10)8-6(9)3-4-12-8/h3-4H,2,5H2,1H3. The number of halogens is 1. The Bertz CT molecular complexity index is 270. The lowest BCUT2D eigenvalue weighted by atomic mass is 10.3. The van der Waals surface area contributed by atoms with E-state index >= 15 is 0 Å². The highest BCUT2D eigenvalue weighted by Crippen LogP contribution is 2.22. The maximum Gasteiger partial charge on any atom is 0.199 e. The van der Waals surface area contributed by atoms with Gasteiger partial charge in [0.25, 0.3) is 0 Å². The Labute approximate surface area is 80.1 Å². The summed E-state index contributed by atoms with van der Waals surface area (Å²) in [6.45, 7) is 2.52. The summed E-state index contributed by atoms with van der Waals surface area (Å²) in [6, 6.07) is 1.71. The first kappa shape index (κ1) is 9.71. The molecule has 0 spiro atoms. The number of thiophene rings is 1. The van der Waals surface area contributed by atoms with Gasteiger partial charge in [0.1, 0.15) is 6.61 Å². The van der Waals surface area contributed by atoms with E-state index in [2.05, 4.69) is 0 Å². The topological polar surface area (TPSA) is 26.3 Å². The van der Waals surface area contributed by atoms with Crippen molar-refractivity contribution in [3.8, 4) is 0 Å². The fourth-order valence-electron chi connectivity index (χ4n) is 0.753. The van der Waals surface area contributed by atoms with E-state index in [1.165, 1.54) is 11.3 Å². The first-order chi connectivity index (χ1) is 5.75. The minimum atomic E-state index is -0.0446. The second kappa shape index (κ2) is 4.60. The van der Waals surface area contributed by atoms with Crippen LogP contribution in [0.4, 0.5) is 0 Å². The molecule has 1 aromatic rings. The minimum absolute atomic E-state index is 0.0446. The molecule has 0 fully saturated rings. The van der Waals surface area contributed by atoms with Crippen molar-refractivity contribution in [3.05, 3.63) is 21.3 Å². The van der Waals surface area contributed by atoms with Crippen LogP contribution < -0.4 is 0 Å². The van der Waals surface area contributed by atoms with E-state index < -0.39 is 0 Å². The van der Waals surface area contributed by atoms with Crippen molar-refractivity contribution in [2.45, 2.75) is 6.92 Å². The lowest BCUT2D eigenvalue weighted by molar-refractivity contribution is 0.0787. The van der Waals surface area contributed by atoms with Gasteiger partial charge in [-0.15, -0.1) is 11.3 Å². The van der Waals surface area contributed by atoms with Crippen molar-refractivity contribution in [2.24, 2.45) is 0 Å². The lowest BCUT2D eigenvalue weighted by Crippen LogP contribution is -2.07. The molecule has 0 unspecified atom stereocenters. The summed E-state index contributed by atoms with van der Waals surface area (Å²) in [4.78, 5) is 11.9. The van der Waals surface area contributed by atoms with Crippen molar-refractivity contribution < 1.29 is 9.53 Å². The number of Topliss-reactive ketones (excluding diaryl/α,β-unsaturated/α-hetero) is 1. The number of carbonyl (C=O) groups is 1. The Morgan fingerprint density at radius 2 is 2.50 bits per heavy atom. The summed E-state index contributed by atoms with van der Waals surface area (Å²) in [7, 11) is 0. The van der Waals surface area contributed by atoms with Gasteiger partial charge in [-0.3, -0.25) is 4.79 Å². The van der Waals surface area contributed by atoms with Gasteiger partial charge in [0.2, 0.25) is 0 Å². The number of rotatable bonds is 4. The predicted octanol–water partition coefficient (Wildman–Crippen LogP) is 2.62. The highest BCUT2D eigenvalue weighted by atomic mass is 35.5. The summed E-state index contributed by atoms with van der Waals surface area (Å²) in [5, 5.41) is 2.31. The quantitative estimate of drug-likeness (QED) is 0.705. The van der Waals surface area contributed by atoms with Gasteiger partial charge in [-0.1, -0.05) is 11.6 Å². The van der Waals surface area contributed by atoms with E-state index in [-0.39, 0.29) is 12.4 Å². The number of hydrogen-bond acceptors (Lipinski definition) is 3. The maximum atomic E-state index is 11.3. The van der Waals surface area contributed by atoms with Gasteiger partial charge in [-0.2, -0.15) is 0 Å². The molecule has 0 aromatic carbocycles. The third-order valence-corrected chi connectivity index (χ3v) is 2.69. The summed E-state index contributed by atoms with van der Waals surface area (Å²) >= 11 is 7.09. The number of hydrogen-bond donors (Lipinski definition) is 0. The van der Waals surface area contributed by atoms with Gasteiger partial charge in [-0.05, 0) is 18.4 Å². The third-order valence-electron chi connectivity index (χ3n) is 1.31. The Hall–Kier alpha value is -0.380. The molecule has 12 heavy (non-hydrogen) atoms. The second-order valence-corrected chi connectivity index (χ2v) is 3.48. The van der Waals surface area contributed by atoms with Gasteiger partial charge in [0, 0.05) is 6.61 Å². The molecule has 0 saturated carbocycles. The number of ketones is 1. The summed E-state index contributed by atoms with van der Waals surface area (Å²) in [6.07, 6.45) is 0. The average Bonchev–Trinajstić information content (AvgIpc) is 2.47. The smallest absolute Gasteiger partial charge is 0.199 e. The fraction of sp³-hybridized carbons (Fsp3) is 0.375. The second-order valence-electron chi connectivity index (χ2n) is 2.16. The van der Waals surface area contributed by atoms with Crippen LogP contribution >= 0.6 is 22.9 Å². The molecule has 0 aliphatic rings. The lowest BCUT2D eigenvalue weighted by Gasteiger charge is -1.97. The molecule has 0 radical (unpaired) electrons. The van der Waals surface area contributed by atoms with Crippen LogP contribution in [0.3, 0.4) is 0 Å². The predicted molar refractivity (Wildman–Crippen MR) is 50.2 cm³/mol. The zero-order valence-electron chi connectivity index (χ0n) is 6.67. The van der Waals surface area contributed by atoms with Gasteiger partial charge in [0.05, 0.1) is 9.90 Å². The van der Waals surface area contributed by atoms with E-state index in [1.54, 1.807) is 11.4 Å². The van der Waals surface area contributed by atoms with Crippen molar-refractivity contribution in [1.29, 1.82) is 0 Å². The van der Waals surface area contributed by atoms with Crippen molar-refractivity contribution in [3.63, 3.8) is 0 Å². The summed E-state index contributed by atoms with van der Waals surface area (Å²) in [5.74, 6) is -0.0446. The van der Waals surface area contributed by atoms with E-state index in [9.17, 15) is 4.79 Å². The molecule has 66 valence electrons. The molecule has 0 aliphatic carbocycles. The van der Waals surface area contributed by atoms with E-state index in [1.807, 2.05) is 6.92 Å². The molecule has 0 atom stereocenters. The largest absolute Gasteiger partial charge is 0.374 e. The monoisotopic (exact) mass is 204 g/mol. The Morgan fingerprint density at radius 3 is 3.00 bits per heavy atom. The Morgan fingerprint density at radius 1 is 1.75 bits per heavy atom. The molecule has 1 heterocycles. The highest BCUT2D eigenvalue weighted by molar-refractivity contribution is 7.12. The van der Waals surface area contributed by atoms with Crippen LogP contribution in [0.5, 0.6) is 0 Å². The number of ether oxygens (including phenoxy) is 1. The molecule has 2 nitrogen and oxygen atoms in total. The summed E-state index contributed by atoms with van der Waals surface area (Å²) in [5.41, 5.74) is 0. The molecule has 0 aliphatic heterocycles. The molecule has 1 aromatic heterocycles. The average molecular weight is 205 g/mol. The number of carbonyl (C=O) groups excluding carboxylic acids is 1. The van der Waals surface area contributed by atoms with Crippen LogP contribution in [-0.4, -0.2) is 19.0 Å². The van der Waals surface area contributed by atoms with Crippen molar-refractivity contribution in [1.82, 2.24) is 0 Å². The first-order valence-corrected chi connectivity index (χ1v) is 4.85. The summed E-state index contributed by atoms with van der Waals surface area (Å²) < 4.78 is 4.97. The van der Waals surface area contributed by atoms with Crippen LogP contribution in [0.25, 0.3) is 0 Å². The van der Waals surface area contributed by atoms with Gasteiger partial charge < -0.3 is 4.74 Å². The van der Waals surface area contributed by atoms with Crippen LogP contribution in [0.1, 0.15) is 16.6 Å². The third kappa shape index (κ3) is 2.30. The van der Waals surface area contributed by atoms with Gasteiger partial charge in [0.15, 0.2) is 5.78 Å². The van der Waals surface area contributed by atoms with Crippen LogP contribution in [0.15, 0.2) is 11.4 Å². The Kier molecular flexibility index (Phi) is 3.72. The first-order valence-electron chi connectivity index (χ1n) is 3.59. The van der Waals surface area contributed by atoms with E-state index in [0.717, 1.165) is 0 Å². The zero-order valence-corrected chi connectivity index (χ0v) is 8.24. The van der Waals surface area contributed by atoms with Crippen LogP contribution in [0, 0.1) is 0 Å². The molecular weight excluding hydrogens is 196 g/mol. The molecule has 0 amide bonds. The van der Waals surface area contributed by atoms with Crippen molar-refractivity contribution >= 4 is 28.7 Å². The van der Waals surface area contributed by atoms with E-state index in [4.69, 9.17) is 16.3 Å². The highest BCUT2D eigenvalue weighted by Gasteiger charge is 2.10. The van der Waals surface area contributed by atoms with Gasteiger partial charge in [-0.25, -0.2) is 0 Å². The molecule has 1 rings (SSSR count). The molecule has 0 N–H and O–H groups in total. The fourth-order valence-corrected chi connectivity index (χ4v) is 1.84. The Balaban J connectivity index is 2.59.